The second kappa shape index (κ2) is 5.17. The van der Waals surface area contributed by atoms with Crippen LogP contribution in [0.25, 0.3) is 0 Å². The summed E-state index contributed by atoms with van der Waals surface area (Å²) in [5, 5.41) is 4.31. The van der Waals surface area contributed by atoms with Gasteiger partial charge in [0, 0.05) is 13.0 Å². The average molecular weight is 242 g/mol. The van der Waals surface area contributed by atoms with Gasteiger partial charge in [-0.05, 0) is 38.0 Å². The molecule has 18 heavy (non-hydrogen) atoms. The highest BCUT2D eigenvalue weighted by Gasteiger charge is 2.14. The molecule has 0 radical (unpaired) electrons. The summed E-state index contributed by atoms with van der Waals surface area (Å²) in [6, 6.07) is 9.86. The predicted molar refractivity (Wildman–Crippen MR) is 71.9 cm³/mol. The van der Waals surface area contributed by atoms with Gasteiger partial charge < -0.3 is 0 Å². The van der Waals surface area contributed by atoms with Crippen LogP contribution in [0.5, 0.6) is 0 Å². The van der Waals surface area contributed by atoms with Gasteiger partial charge in [-0.2, -0.15) is 5.10 Å². The second-order valence-corrected chi connectivity index (χ2v) is 4.51. The Labute approximate surface area is 107 Å². The fraction of sp³-hybridized carbons (Fsp3) is 0.333. The highest BCUT2D eigenvalue weighted by molar-refractivity contribution is 5.96. The number of hydrogen-bond donors (Lipinski definition) is 0. The van der Waals surface area contributed by atoms with E-state index in [1.54, 1.807) is 4.68 Å². The fourth-order valence-electron chi connectivity index (χ4n) is 2.08. The Balaban J connectivity index is 2.25. The topological polar surface area (TPSA) is 34.9 Å². The van der Waals surface area contributed by atoms with E-state index >= 15 is 0 Å². The maximum absolute atomic E-state index is 12.3. The maximum Gasteiger partial charge on any atom is 0.185 e. The lowest BCUT2D eigenvalue weighted by atomic mass is 10.0. The van der Waals surface area contributed by atoms with E-state index in [2.05, 4.69) is 5.10 Å². The van der Waals surface area contributed by atoms with Crippen molar-refractivity contribution in [3.05, 3.63) is 52.8 Å². The van der Waals surface area contributed by atoms with Crippen molar-refractivity contribution >= 4 is 5.78 Å². The Morgan fingerprint density at radius 1 is 1.28 bits per heavy atom. The number of hydrogen-bond acceptors (Lipinski definition) is 2. The second-order valence-electron chi connectivity index (χ2n) is 4.51. The van der Waals surface area contributed by atoms with E-state index in [9.17, 15) is 4.79 Å². The smallest absolute Gasteiger partial charge is 0.185 e. The Morgan fingerprint density at radius 2 is 2.00 bits per heavy atom. The molecule has 2 rings (SSSR count). The highest BCUT2D eigenvalue weighted by atomic mass is 16.1. The monoisotopic (exact) mass is 242 g/mol. The lowest BCUT2D eigenvalue weighted by Gasteiger charge is -2.06. The lowest BCUT2D eigenvalue weighted by Crippen LogP contribution is -2.12. The first-order valence-electron chi connectivity index (χ1n) is 6.24. The van der Waals surface area contributed by atoms with Gasteiger partial charge in [0.05, 0.1) is 5.69 Å². The minimum Gasteiger partial charge on any atom is -0.292 e. The van der Waals surface area contributed by atoms with Crippen LogP contribution < -0.4 is 0 Å². The Morgan fingerprint density at radius 3 is 2.67 bits per heavy atom. The highest BCUT2D eigenvalue weighted by Crippen LogP contribution is 2.12. The molecule has 1 aromatic carbocycles. The summed E-state index contributed by atoms with van der Waals surface area (Å²) < 4.78 is 1.77. The predicted octanol–water partition coefficient (Wildman–Crippen LogP) is 2.95. The first kappa shape index (κ1) is 12.6. The molecular weight excluding hydrogens is 224 g/mol. The van der Waals surface area contributed by atoms with E-state index in [1.165, 1.54) is 0 Å². The SMILES string of the molecule is CCn1nc(C)cc1C(=O)Cc1ccccc1C. The van der Waals surface area contributed by atoms with Gasteiger partial charge >= 0.3 is 0 Å². The van der Waals surface area contributed by atoms with E-state index in [0.29, 0.717) is 12.1 Å². The van der Waals surface area contributed by atoms with Crippen molar-refractivity contribution in [2.45, 2.75) is 33.7 Å². The third-order valence-corrected chi connectivity index (χ3v) is 3.10. The first-order valence-corrected chi connectivity index (χ1v) is 6.24. The number of carbonyl (C=O) groups is 1. The molecule has 94 valence electrons. The zero-order chi connectivity index (χ0) is 13.1. The van der Waals surface area contributed by atoms with Crippen LogP contribution in [0.3, 0.4) is 0 Å². The van der Waals surface area contributed by atoms with Crippen LogP contribution in [-0.4, -0.2) is 15.6 Å². The third kappa shape index (κ3) is 2.50. The van der Waals surface area contributed by atoms with Crippen LogP contribution in [0, 0.1) is 13.8 Å². The molecule has 0 unspecified atom stereocenters. The lowest BCUT2D eigenvalue weighted by molar-refractivity contribution is 0.0982. The molecule has 0 saturated carbocycles. The van der Waals surface area contributed by atoms with Crippen molar-refractivity contribution in [3.8, 4) is 0 Å². The van der Waals surface area contributed by atoms with Gasteiger partial charge in [0.25, 0.3) is 0 Å². The van der Waals surface area contributed by atoms with Crippen molar-refractivity contribution in [1.29, 1.82) is 0 Å². The van der Waals surface area contributed by atoms with Crippen LogP contribution >= 0.6 is 0 Å². The normalized spacial score (nSPS) is 10.6. The quantitative estimate of drug-likeness (QED) is 0.773. The van der Waals surface area contributed by atoms with Crippen LogP contribution in [0.2, 0.25) is 0 Å². The Kier molecular flexibility index (Phi) is 3.60. The summed E-state index contributed by atoms with van der Waals surface area (Å²) in [5.41, 5.74) is 3.84. The zero-order valence-corrected chi connectivity index (χ0v) is 11.1. The number of benzene rings is 1. The van der Waals surface area contributed by atoms with Gasteiger partial charge in [0.1, 0.15) is 5.69 Å². The van der Waals surface area contributed by atoms with Gasteiger partial charge in [-0.25, -0.2) is 0 Å². The Bertz CT molecular complexity index is 570. The summed E-state index contributed by atoms with van der Waals surface area (Å²) in [6.07, 6.45) is 0.442. The standard InChI is InChI=1S/C15H18N2O/c1-4-17-14(9-12(3)16-17)15(18)10-13-8-6-5-7-11(13)2/h5-9H,4,10H2,1-3H3. The molecule has 0 aliphatic carbocycles. The minimum absolute atomic E-state index is 0.131. The molecule has 0 atom stereocenters. The van der Waals surface area contributed by atoms with E-state index < -0.39 is 0 Å². The van der Waals surface area contributed by atoms with Gasteiger partial charge in [0.15, 0.2) is 5.78 Å². The van der Waals surface area contributed by atoms with Crippen LogP contribution in [0.1, 0.15) is 34.2 Å². The van der Waals surface area contributed by atoms with E-state index in [-0.39, 0.29) is 5.78 Å². The summed E-state index contributed by atoms with van der Waals surface area (Å²) in [7, 11) is 0. The number of aromatic nitrogens is 2. The summed E-state index contributed by atoms with van der Waals surface area (Å²) in [4.78, 5) is 12.3. The molecule has 1 aromatic heterocycles. The van der Waals surface area contributed by atoms with Crippen molar-refractivity contribution in [2.24, 2.45) is 0 Å². The molecule has 0 amide bonds. The van der Waals surface area contributed by atoms with Gasteiger partial charge in [-0.3, -0.25) is 9.48 Å². The number of aryl methyl sites for hydroxylation is 3. The van der Waals surface area contributed by atoms with Gasteiger partial charge in [-0.15, -0.1) is 0 Å². The van der Waals surface area contributed by atoms with Crippen molar-refractivity contribution < 1.29 is 4.79 Å². The number of nitrogens with zero attached hydrogens (tertiary/aromatic N) is 2. The number of ketones is 1. The molecule has 3 nitrogen and oxygen atoms in total. The van der Waals surface area contributed by atoms with Crippen molar-refractivity contribution in [1.82, 2.24) is 9.78 Å². The van der Waals surface area contributed by atoms with Crippen molar-refractivity contribution in [3.63, 3.8) is 0 Å². The number of carbonyl (C=O) groups excluding carboxylic acids is 1. The molecule has 1 heterocycles. The van der Waals surface area contributed by atoms with Crippen LogP contribution in [0.4, 0.5) is 0 Å². The number of Topliss-reactive ketones (excluding diaryl/α,β-unsaturated/α-hetero) is 1. The molecular formula is C15H18N2O. The van der Waals surface area contributed by atoms with Crippen LogP contribution in [0.15, 0.2) is 30.3 Å². The first-order chi connectivity index (χ1) is 8.61. The zero-order valence-electron chi connectivity index (χ0n) is 11.1. The van der Waals surface area contributed by atoms with E-state index in [0.717, 1.165) is 23.4 Å². The Hall–Kier alpha value is -1.90. The largest absolute Gasteiger partial charge is 0.292 e. The molecule has 0 aliphatic heterocycles. The van der Waals surface area contributed by atoms with E-state index in [4.69, 9.17) is 0 Å². The average Bonchev–Trinajstić information content (AvgIpc) is 2.73. The third-order valence-electron chi connectivity index (χ3n) is 3.10. The molecule has 0 spiro atoms. The number of rotatable bonds is 4. The molecule has 0 aliphatic rings. The molecule has 0 fully saturated rings. The molecule has 2 aromatic rings. The van der Waals surface area contributed by atoms with Crippen LogP contribution in [-0.2, 0) is 13.0 Å². The molecule has 3 heteroatoms. The van der Waals surface area contributed by atoms with Gasteiger partial charge in [0.2, 0.25) is 0 Å². The fourth-order valence-corrected chi connectivity index (χ4v) is 2.08. The molecule has 0 saturated heterocycles. The summed E-state index contributed by atoms with van der Waals surface area (Å²) in [6.45, 7) is 6.67. The van der Waals surface area contributed by atoms with E-state index in [1.807, 2.05) is 51.1 Å². The molecule has 0 N–H and O–H groups in total. The minimum atomic E-state index is 0.131. The molecule has 0 bridgehead atoms. The van der Waals surface area contributed by atoms with Gasteiger partial charge in [-0.1, -0.05) is 24.3 Å². The maximum atomic E-state index is 12.3. The summed E-state index contributed by atoms with van der Waals surface area (Å²) >= 11 is 0. The summed E-state index contributed by atoms with van der Waals surface area (Å²) in [5.74, 6) is 0.131. The van der Waals surface area contributed by atoms with Crippen molar-refractivity contribution in [2.75, 3.05) is 0 Å².